The minimum absolute atomic E-state index is 0.0125. The molecule has 0 unspecified atom stereocenters. The molecule has 0 spiro atoms. The van der Waals surface area contributed by atoms with Gasteiger partial charge in [0.1, 0.15) is 17.9 Å². The topological polar surface area (TPSA) is 102 Å². The highest BCUT2D eigenvalue weighted by molar-refractivity contribution is 5.92. The molecular weight excluding hydrogens is 290 g/mol. The van der Waals surface area contributed by atoms with Crippen molar-refractivity contribution in [3.8, 4) is 5.75 Å². The van der Waals surface area contributed by atoms with Crippen molar-refractivity contribution in [1.29, 1.82) is 0 Å². The van der Waals surface area contributed by atoms with Gasteiger partial charge in [0.2, 0.25) is 6.54 Å². The number of carboxylic acid groups (broad SMARTS) is 1. The molecule has 7 nitrogen and oxygen atoms in total. The summed E-state index contributed by atoms with van der Waals surface area (Å²) in [5.74, 6) is -1.57. The molecular formula is C12H14F2N2O5. The van der Waals surface area contributed by atoms with Crippen LogP contribution in [0.15, 0.2) is 12.1 Å². The largest absolute Gasteiger partial charge is 0.487 e. The number of anilines is 1. The maximum Gasteiger partial charge on any atom is 0.339 e. The fraction of sp³-hybridized carbons (Fsp3) is 0.417. The number of benzene rings is 1. The summed E-state index contributed by atoms with van der Waals surface area (Å²) in [6.07, 6.45) is -2.72. The smallest absolute Gasteiger partial charge is 0.339 e. The molecule has 0 saturated carbocycles. The van der Waals surface area contributed by atoms with E-state index >= 15 is 0 Å². The van der Waals surface area contributed by atoms with Gasteiger partial charge in [-0.05, 0) is 11.6 Å². The summed E-state index contributed by atoms with van der Waals surface area (Å²) in [4.78, 5) is 21.0. The van der Waals surface area contributed by atoms with E-state index in [4.69, 9.17) is 9.84 Å². The number of alkyl halides is 2. The lowest BCUT2D eigenvalue weighted by molar-refractivity contribution is -0.479. The van der Waals surface area contributed by atoms with Crippen molar-refractivity contribution in [3.05, 3.63) is 33.4 Å². The predicted molar refractivity (Wildman–Crippen MR) is 70.0 cm³/mol. The number of nitrogens with one attached hydrogen (secondary N) is 1. The molecule has 0 amide bonds. The lowest BCUT2D eigenvalue weighted by atomic mass is 10.0. The Morgan fingerprint density at radius 1 is 1.52 bits per heavy atom. The average Bonchev–Trinajstić information content (AvgIpc) is 2.41. The number of hydrogen-bond donors (Lipinski definition) is 2. The SMILES string of the molecule is CNc1cc(OCC(F)F)c(C(=O)O)cc1CC[N+](=O)[O-]. The van der Waals surface area contributed by atoms with Crippen LogP contribution in [-0.4, -0.2) is 42.6 Å². The van der Waals surface area contributed by atoms with Crippen LogP contribution in [0.3, 0.4) is 0 Å². The molecule has 116 valence electrons. The van der Waals surface area contributed by atoms with Gasteiger partial charge >= 0.3 is 5.97 Å². The predicted octanol–water partition coefficient (Wildman–Crippen LogP) is 1.89. The highest BCUT2D eigenvalue weighted by atomic mass is 19.3. The molecule has 0 aliphatic heterocycles. The number of carbonyl (C=O) groups is 1. The lowest BCUT2D eigenvalue weighted by Gasteiger charge is -2.14. The van der Waals surface area contributed by atoms with Crippen molar-refractivity contribution >= 4 is 11.7 Å². The van der Waals surface area contributed by atoms with E-state index in [1.807, 2.05) is 0 Å². The first-order valence-corrected chi connectivity index (χ1v) is 5.95. The van der Waals surface area contributed by atoms with E-state index in [9.17, 15) is 23.7 Å². The Kier molecular flexibility index (Phi) is 5.82. The number of nitrogens with zero attached hydrogens (tertiary/aromatic N) is 1. The van der Waals surface area contributed by atoms with Crippen molar-refractivity contribution in [2.24, 2.45) is 0 Å². The van der Waals surface area contributed by atoms with Gasteiger partial charge in [-0.25, -0.2) is 13.6 Å². The van der Waals surface area contributed by atoms with Crippen molar-refractivity contribution in [2.45, 2.75) is 12.8 Å². The molecule has 0 aliphatic rings. The molecule has 0 heterocycles. The van der Waals surface area contributed by atoms with Crippen molar-refractivity contribution in [1.82, 2.24) is 0 Å². The van der Waals surface area contributed by atoms with E-state index in [2.05, 4.69) is 5.32 Å². The molecule has 0 saturated heterocycles. The lowest BCUT2D eigenvalue weighted by Crippen LogP contribution is -2.12. The van der Waals surface area contributed by atoms with Crippen LogP contribution >= 0.6 is 0 Å². The van der Waals surface area contributed by atoms with Crippen molar-refractivity contribution < 1.29 is 28.3 Å². The van der Waals surface area contributed by atoms with Gasteiger partial charge in [0, 0.05) is 30.1 Å². The molecule has 1 aromatic carbocycles. The Hall–Kier alpha value is -2.45. The zero-order valence-electron chi connectivity index (χ0n) is 11.1. The molecule has 21 heavy (non-hydrogen) atoms. The minimum atomic E-state index is -2.74. The van der Waals surface area contributed by atoms with Gasteiger partial charge in [0.25, 0.3) is 6.43 Å². The third-order valence-corrected chi connectivity index (χ3v) is 2.63. The Morgan fingerprint density at radius 3 is 2.67 bits per heavy atom. The molecule has 0 fully saturated rings. The second kappa shape index (κ2) is 7.36. The minimum Gasteiger partial charge on any atom is -0.487 e. The van der Waals surface area contributed by atoms with Gasteiger partial charge < -0.3 is 15.2 Å². The van der Waals surface area contributed by atoms with E-state index in [0.29, 0.717) is 11.3 Å². The average molecular weight is 304 g/mol. The van der Waals surface area contributed by atoms with Crippen LogP contribution in [0.25, 0.3) is 0 Å². The summed E-state index contributed by atoms with van der Waals surface area (Å²) in [5, 5.41) is 22.2. The zero-order valence-corrected chi connectivity index (χ0v) is 11.1. The molecule has 1 rings (SSSR count). The Balaban J connectivity index is 3.14. The van der Waals surface area contributed by atoms with Crippen molar-refractivity contribution in [3.63, 3.8) is 0 Å². The van der Waals surface area contributed by atoms with E-state index in [0.717, 1.165) is 0 Å². The first-order valence-electron chi connectivity index (χ1n) is 5.95. The Bertz CT molecular complexity index is 537. The second-order valence-corrected chi connectivity index (χ2v) is 4.07. The van der Waals surface area contributed by atoms with Crippen LogP contribution in [0.5, 0.6) is 5.75 Å². The summed E-state index contributed by atoms with van der Waals surface area (Å²) >= 11 is 0. The Morgan fingerprint density at radius 2 is 2.19 bits per heavy atom. The summed E-state index contributed by atoms with van der Waals surface area (Å²) in [6, 6.07) is 2.44. The van der Waals surface area contributed by atoms with Gasteiger partial charge in [0.15, 0.2) is 0 Å². The van der Waals surface area contributed by atoms with Crippen LogP contribution in [0.4, 0.5) is 14.5 Å². The molecule has 9 heteroatoms. The summed E-state index contributed by atoms with van der Waals surface area (Å²) in [6.45, 7) is -1.30. The highest BCUT2D eigenvalue weighted by Gasteiger charge is 2.18. The first-order chi connectivity index (χ1) is 9.85. The number of hydrogen-bond acceptors (Lipinski definition) is 5. The number of carboxylic acids is 1. The Labute approximate surface area is 118 Å². The van der Waals surface area contributed by atoms with E-state index in [1.165, 1.54) is 19.2 Å². The number of rotatable bonds is 8. The zero-order chi connectivity index (χ0) is 16.0. The molecule has 0 bridgehead atoms. The number of ether oxygens (including phenoxy) is 1. The molecule has 0 aliphatic carbocycles. The van der Waals surface area contributed by atoms with E-state index in [-0.39, 0.29) is 24.3 Å². The normalized spacial score (nSPS) is 10.5. The van der Waals surface area contributed by atoms with Crippen LogP contribution in [-0.2, 0) is 6.42 Å². The quantitative estimate of drug-likeness (QED) is 0.561. The van der Waals surface area contributed by atoms with Gasteiger partial charge in [-0.2, -0.15) is 0 Å². The third kappa shape index (κ3) is 4.86. The second-order valence-electron chi connectivity index (χ2n) is 4.07. The standard InChI is InChI=1S/C12H14F2N2O5/c1-15-9-5-10(21-6-11(13)14)8(12(17)18)4-7(9)2-3-16(19)20/h4-5,11,15H,2-3,6H2,1H3,(H,17,18). The summed E-state index contributed by atoms with van der Waals surface area (Å²) in [5.41, 5.74) is 0.482. The third-order valence-electron chi connectivity index (χ3n) is 2.63. The molecule has 0 aromatic heterocycles. The first kappa shape index (κ1) is 16.6. The van der Waals surface area contributed by atoms with Gasteiger partial charge in [-0.1, -0.05) is 0 Å². The van der Waals surface area contributed by atoms with Gasteiger partial charge in [0.05, 0.1) is 0 Å². The summed E-state index contributed by atoms with van der Waals surface area (Å²) in [7, 11) is 1.53. The number of nitro groups is 1. The number of aromatic carboxylic acids is 1. The fourth-order valence-corrected chi connectivity index (χ4v) is 1.72. The van der Waals surface area contributed by atoms with Crippen LogP contribution in [0.2, 0.25) is 0 Å². The van der Waals surface area contributed by atoms with Crippen LogP contribution in [0.1, 0.15) is 15.9 Å². The maximum absolute atomic E-state index is 12.2. The summed E-state index contributed by atoms with van der Waals surface area (Å²) < 4.78 is 29.1. The maximum atomic E-state index is 12.2. The highest BCUT2D eigenvalue weighted by Crippen LogP contribution is 2.28. The number of halogens is 2. The van der Waals surface area contributed by atoms with Crippen LogP contribution < -0.4 is 10.1 Å². The van der Waals surface area contributed by atoms with Crippen molar-refractivity contribution in [2.75, 3.05) is 25.5 Å². The monoisotopic (exact) mass is 304 g/mol. The molecule has 0 atom stereocenters. The van der Waals surface area contributed by atoms with E-state index in [1.54, 1.807) is 0 Å². The molecule has 2 N–H and O–H groups in total. The van der Waals surface area contributed by atoms with E-state index < -0.39 is 23.9 Å². The molecule has 1 aromatic rings. The van der Waals surface area contributed by atoms with Gasteiger partial charge in [-0.15, -0.1) is 0 Å². The van der Waals surface area contributed by atoms with Gasteiger partial charge in [-0.3, -0.25) is 10.1 Å². The molecule has 0 radical (unpaired) electrons. The fourth-order valence-electron chi connectivity index (χ4n) is 1.72. The van der Waals surface area contributed by atoms with Crippen LogP contribution in [0, 0.1) is 10.1 Å².